The molecule has 0 spiro atoms. The highest BCUT2D eigenvalue weighted by molar-refractivity contribution is 6.08. The largest absolute Gasteiger partial charge is 0.507 e. The number of nitrogens with one attached hydrogen (secondary N) is 1. The maximum atomic E-state index is 13.6. The van der Waals surface area contributed by atoms with Crippen LogP contribution in [0.3, 0.4) is 0 Å². The number of hydrogen-bond donors (Lipinski definition) is 4. The fourth-order valence-corrected chi connectivity index (χ4v) is 1.70. The molecule has 2 rings (SSSR count). The summed E-state index contributed by atoms with van der Waals surface area (Å²) in [7, 11) is 0. The number of carboxylic acid groups (broad SMARTS) is 1. The predicted molar refractivity (Wildman–Crippen MR) is 71.1 cm³/mol. The number of halogens is 1. The number of hydrogen-bond acceptors (Lipinski definition) is 4. The summed E-state index contributed by atoms with van der Waals surface area (Å²) in [6, 6.07) is 6.56. The number of benzene rings is 2. The van der Waals surface area contributed by atoms with E-state index < -0.39 is 34.8 Å². The van der Waals surface area contributed by atoms with Crippen LogP contribution >= 0.6 is 0 Å². The molecule has 0 aliphatic carbocycles. The lowest BCUT2D eigenvalue weighted by molar-refractivity contribution is 0.0696. The van der Waals surface area contributed by atoms with Crippen LogP contribution in [-0.2, 0) is 0 Å². The van der Waals surface area contributed by atoms with E-state index >= 15 is 0 Å². The minimum absolute atomic E-state index is 0.215. The second-order valence-corrected chi connectivity index (χ2v) is 4.13. The van der Waals surface area contributed by atoms with E-state index in [4.69, 9.17) is 5.11 Å². The van der Waals surface area contributed by atoms with Crippen molar-refractivity contribution >= 4 is 17.6 Å². The second kappa shape index (κ2) is 5.49. The van der Waals surface area contributed by atoms with Gasteiger partial charge in [0.25, 0.3) is 5.91 Å². The Hall–Kier alpha value is -3.09. The summed E-state index contributed by atoms with van der Waals surface area (Å²) < 4.78 is 13.6. The van der Waals surface area contributed by atoms with Crippen LogP contribution in [-0.4, -0.2) is 27.2 Å². The molecule has 108 valence electrons. The molecule has 0 radical (unpaired) electrons. The van der Waals surface area contributed by atoms with E-state index in [2.05, 4.69) is 5.32 Å². The lowest BCUT2D eigenvalue weighted by Crippen LogP contribution is -2.14. The third kappa shape index (κ3) is 2.92. The Morgan fingerprint density at radius 2 is 1.67 bits per heavy atom. The molecule has 0 fully saturated rings. The molecular weight excluding hydrogens is 281 g/mol. The van der Waals surface area contributed by atoms with Crippen molar-refractivity contribution < 1.29 is 29.3 Å². The number of aromatic hydroxyl groups is 2. The maximum Gasteiger partial charge on any atom is 0.335 e. The SMILES string of the molecule is O=C(O)c1ccc(F)c(NC(=O)c2c(O)cccc2O)c1. The molecule has 1 amide bonds. The molecule has 0 atom stereocenters. The molecule has 6 nitrogen and oxygen atoms in total. The van der Waals surface area contributed by atoms with Crippen LogP contribution in [0.1, 0.15) is 20.7 Å². The average molecular weight is 291 g/mol. The van der Waals surface area contributed by atoms with Gasteiger partial charge in [-0.15, -0.1) is 0 Å². The van der Waals surface area contributed by atoms with Gasteiger partial charge < -0.3 is 20.6 Å². The Balaban J connectivity index is 2.36. The smallest absolute Gasteiger partial charge is 0.335 e. The second-order valence-electron chi connectivity index (χ2n) is 4.13. The molecule has 0 aliphatic heterocycles. The van der Waals surface area contributed by atoms with Gasteiger partial charge in [-0.25, -0.2) is 9.18 Å². The van der Waals surface area contributed by atoms with Gasteiger partial charge in [-0.3, -0.25) is 4.79 Å². The summed E-state index contributed by atoms with van der Waals surface area (Å²) in [5.41, 5.74) is -1.02. The fourth-order valence-electron chi connectivity index (χ4n) is 1.70. The zero-order valence-electron chi connectivity index (χ0n) is 10.5. The number of amides is 1. The van der Waals surface area contributed by atoms with Crippen LogP contribution in [0.4, 0.5) is 10.1 Å². The van der Waals surface area contributed by atoms with Crippen molar-refractivity contribution in [1.82, 2.24) is 0 Å². The predicted octanol–water partition coefficient (Wildman–Crippen LogP) is 2.19. The van der Waals surface area contributed by atoms with Crippen LogP contribution in [0.15, 0.2) is 36.4 Å². The molecule has 2 aromatic carbocycles. The molecule has 0 saturated carbocycles. The molecule has 2 aromatic rings. The Bertz CT molecular complexity index is 709. The number of phenolic OH excluding ortho intramolecular Hbond substituents is 2. The molecule has 21 heavy (non-hydrogen) atoms. The highest BCUT2D eigenvalue weighted by atomic mass is 19.1. The summed E-state index contributed by atoms with van der Waals surface area (Å²) in [5, 5.41) is 30.0. The molecule has 0 heterocycles. The van der Waals surface area contributed by atoms with Gasteiger partial charge in [0.15, 0.2) is 0 Å². The Labute approximate surface area is 118 Å². The summed E-state index contributed by atoms with van der Waals surface area (Å²) in [5.74, 6) is -4.06. The summed E-state index contributed by atoms with van der Waals surface area (Å²) in [6.07, 6.45) is 0. The van der Waals surface area contributed by atoms with E-state index in [0.717, 1.165) is 18.2 Å². The molecule has 0 aliphatic rings. The maximum absolute atomic E-state index is 13.6. The van der Waals surface area contributed by atoms with Gasteiger partial charge in [0.2, 0.25) is 0 Å². The van der Waals surface area contributed by atoms with Gasteiger partial charge in [-0.05, 0) is 30.3 Å². The van der Waals surface area contributed by atoms with E-state index in [0.29, 0.717) is 0 Å². The number of anilines is 1. The highest BCUT2D eigenvalue weighted by Gasteiger charge is 2.18. The zero-order valence-corrected chi connectivity index (χ0v) is 10.5. The summed E-state index contributed by atoms with van der Waals surface area (Å²) in [4.78, 5) is 22.8. The number of rotatable bonds is 3. The summed E-state index contributed by atoms with van der Waals surface area (Å²) >= 11 is 0. The van der Waals surface area contributed by atoms with Crippen molar-refractivity contribution in [2.24, 2.45) is 0 Å². The Morgan fingerprint density at radius 1 is 1.05 bits per heavy atom. The first-order valence-electron chi connectivity index (χ1n) is 5.75. The van der Waals surface area contributed by atoms with E-state index in [1.54, 1.807) is 0 Å². The van der Waals surface area contributed by atoms with Crippen molar-refractivity contribution in [3.8, 4) is 11.5 Å². The van der Waals surface area contributed by atoms with Crippen molar-refractivity contribution in [1.29, 1.82) is 0 Å². The topological polar surface area (TPSA) is 107 Å². The third-order valence-electron chi connectivity index (χ3n) is 2.71. The Morgan fingerprint density at radius 3 is 2.24 bits per heavy atom. The van der Waals surface area contributed by atoms with Crippen LogP contribution < -0.4 is 5.32 Å². The lowest BCUT2D eigenvalue weighted by Gasteiger charge is -2.09. The highest BCUT2D eigenvalue weighted by Crippen LogP contribution is 2.27. The monoisotopic (exact) mass is 291 g/mol. The molecular formula is C14H10FNO5. The zero-order chi connectivity index (χ0) is 15.6. The molecule has 0 unspecified atom stereocenters. The minimum Gasteiger partial charge on any atom is -0.507 e. The summed E-state index contributed by atoms with van der Waals surface area (Å²) in [6.45, 7) is 0. The lowest BCUT2D eigenvalue weighted by atomic mass is 10.1. The van der Waals surface area contributed by atoms with E-state index in [-0.39, 0.29) is 11.3 Å². The van der Waals surface area contributed by atoms with Crippen LogP contribution in [0.2, 0.25) is 0 Å². The first kappa shape index (κ1) is 14.3. The van der Waals surface area contributed by atoms with Crippen LogP contribution in [0, 0.1) is 5.82 Å². The number of carbonyl (C=O) groups is 2. The molecule has 0 aromatic heterocycles. The van der Waals surface area contributed by atoms with Gasteiger partial charge in [0, 0.05) is 0 Å². The number of phenols is 2. The van der Waals surface area contributed by atoms with Crippen molar-refractivity contribution in [3.05, 3.63) is 53.3 Å². The van der Waals surface area contributed by atoms with Gasteiger partial charge in [-0.2, -0.15) is 0 Å². The molecule has 0 saturated heterocycles. The normalized spacial score (nSPS) is 10.1. The van der Waals surface area contributed by atoms with E-state index in [1.807, 2.05) is 0 Å². The van der Waals surface area contributed by atoms with Gasteiger partial charge in [0.1, 0.15) is 22.9 Å². The number of aromatic carboxylic acids is 1. The van der Waals surface area contributed by atoms with Crippen molar-refractivity contribution in [2.75, 3.05) is 5.32 Å². The van der Waals surface area contributed by atoms with E-state index in [9.17, 15) is 24.2 Å². The number of carbonyl (C=O) groups excluding carboxylic acids is 1. The fraction of sp³-hybridized carbons (Fsp3) is 0. The molecule has 0 bridgehead atoms. The van der Waals surface area contributed by atoms with Gasteiger partial charge in [-0.1, -0.05) is 6.07 Å². The first-order chi connectivity index (χ1) is 9.90. The standard InChI is InChI=1S/C14H10FNO5/c15-8-5-4-7(14(20)21)6-9(8)16-13(19)12-10(17)2-1-3-11(12)18/h1-6,17-18H,(H,16,19)(H,20,21). The average Bonchev–Trinajstić information content (AvgIpc) is 2.40. The molecule has 4 N–H and O–H groups in total. The molecule has 7 heteroatoms. The van der Waals surface area contributed by atoms with E-state index in [1.165, 1.54) is 18.2 Å². The minimum atomic E-state index is -1.28. The van der Waals surface area contributed by atoms with Gasteiger partial charge >= 0.3 is 5.97 Å². The van der Waals surface area contributed by atoms with Crippen molar-refractivity contribution in [3.63, 3.8) is 0 Å². The Kier molecular flexibility index (Phi) is 3.75. The van der Waals surface area contributed by atoms with Crippen LogP contribution in [0.5, 0.6) is 11.5 Å². The van der Waals surface area contributed by atoms with Crippen molar-refractivity contribution in [2.45, 2.75) is 0 Å². The third-order valence-corrected chi connectivity index (χ3v) is 2.71. The number of carboxylic acids is 1. The first-order valence-corrected chi connectivity index (χ1v) is 5.75. The quantitative estimate of drug-likeness (QED) is 0.693. The van der Waals surface area contributed by atoms with Crippen LogP contribution in [0.25, 0.3) is 0 Å². The van der Waals surface area contributed by atoms with Gasteiger partial charge in [0.05, 0.1) is 11.3 Å².